The highest BCUT2D eigenvalue weighted by atomic mass is 35.5. The molecular formula is C19H20ClF3N2O4. The highest BCUT2D eigenvalue weighted by molar-refractivity contribution is 6.31. The largest absolute Gasteiger partial charge is 0.466 e. The molecule has 1 aromatic carbocycles. The summed E-state index contributed by atoms with van der Waals surface area (Å²) in [6.45, 7) is 2.88. The van der Waals surface area contributed by atoms with Gasteiger partial charge in [0.25, 0.3) is 5.91 Å². The smallest absolute Gasteiger partial charge is 0.417 e. The fourth-order valence-corrected chi connectivity index (χ4v) is 3.97. The molecule has 0 aliphatic carbocycles. The van der Waals surface area contributed by atoms with Crippen LogP contribution in [0.5, 0.6) is 0 Å². The second-order valence-electron chi connectivity index (χ2n) is 7.01. The minimum absolute atomic E-state index is 0.118. The maximum Gasteiger partial charge on any atom is 0.417 e. The number of alkyl halides is 3. The summed E-state index contributed by atoms with van der Waals surface area (Å²) in [6, 6.07) is 2.21. The van der Waals surface area contributed by atoms with E-state index >= 15 is 0 Å². The van der Waals surface area contributed by atoms with Crippen molar-refractivity contribution in [2.45, 2.75) is 38.4 Å². The van der Waals surface area contributed by atoms with Crippen LogP contribution in [0.3, 0.4) is 0 Å². The Balaban J connectivity index is 1.74. The minimum atomic E-state index is -4.70. The summed E-state index contributed by atoms with van der Waals surface area (Å²) in [4.78, 5) is 39.7. The van der Waals surface area contributed by atoms with Crippen LogP contribution in [0, 0.1) is 5.92 Å². The van der Waals surface area contributed by atoms with Crippen molar-refractivity contribution in [3.63, 3.8) is 0 Å². The van der Waals surface area contributed by atoms with E-state index in [9.17, 15) is 27.6 Å². The molecule has 1 aromatic rings. The number of anilines is 1. The van der Waals surface area contributed by atoms with Gasteiger partial charge in [-0.3, -0.25) is 19.3 Å². The van der Waals surface area contributed by atoms with Crippen LogP contribution in [0.1, 0.15) is 31.7 Å². The van der Waals surface area contributed by atoms with Crippen molar-refractivity contribution in [2.75, 3.05) is 24.6 Å². The van der Waals surface area contributed by atoms with Crippen molar-refractivity contribution in [1.29, 1.82) is 0 Å². The summed E-state index contributed by atoms with van der Waals surface area (Å²) < 4.78 is 44.4. The van der Waals surface area contributed by atoms with Gasteiger partial charge in [0.1, 0.15) is 0 Å². The van der Waals surface area contributed by atoms with Gasteiger partial charge in [-0.1, -0.05) is 11.6 Å². The first-order valence-corrected chi connectivity index (χ1v) is 9.65. The molecule has 2 aliphatic rings. The molecule has 6 nitrogen and oxygen atoms in total. The number of ether oxygens (including phenoxy) is 1. The number of benzene rings is 1. The Morgan fingerprint density at radius 2 is 1.90 bits per heavy atom. The van der Waals surface area contributed by atoms with Gasteiger partial charge in [0, 0.05) is 0 Å². The minimum Gasteiger partial charge on any atom is -0.466 e. The molecule has 0 aromatic heterocycles. The zero-order valence-electron chi connectivity index (χ0n) is 15.7. The summed E-state index contributed by atoms with van der Waals surface area (Å²) in [7, 11) is 0. The highest BCUT2D eigenvalue weighted by Crippen LogP contribution is 2.38. The molecule has 1 atom stereocenters. The molecule has 0 saturated carbocycles. The molecule has 3 rings (SSSR count). The second kappa shape index (κ2) is 8.31. The first-order valence-electron chi connectivity index (χ1n) is 9.27. The van der Waals surface area contributed by atoms with Crippen molar-refractivity contribution in [3.8, 4) is 0 Å². The third kappa shape index (κ3) is 4.40. The van der Waals surface area contributed by atoms with Crippen LogP contribution in [-0.4, -0.2) is 48.4 Å². The lowest BCUT2D eigenvalue weighted by Gasteiger charge is -2.33. The van der Waals surface area contributed by atoms with Gasteiger partial charge >= 0.3 is 12.1 Å². The SMILES string of the molecule is CCOC(=O)C1CCN(C2CC(=O)N(c3ccc(Cl)c(C(F)(F)F)c3)C2=O)CC1. The van der Waals surface area contributed by atoms with Gasteiger partial charge in [0.2, 0.25) is 5.91 Å². The molecule has 1 unspecified atom stereocenters. The summed E-state index contributed by atoms with van der Waals surface area (Å²) in [5.74, 6) is -1.66. The number of imide groups is 1. The van der Waals surface area contributed by atoms with Gasteiger partial charge < -0.3 is 4.74 Å². The summed E-state index contributed by atoms with van der Waals surface area (Å²) >= 11 is 5.62. The molecule has 2 amide bonds. The summed E-state index contributed by atoms with van der Waals surface area (Å²) in [5, 5.41) is -0.502. The van der Waals surface area contributed by atoms with Crippen LogP contribution in [0.15, 0.2) is 18.2 Å². The van der Waals surface area contributed by atoms with E-state index in [1.54, 1.807) is 11.8 Å². The monoisotopic (exact) mass is 432 g/mol. The van der Waals surface area contributed by atoms with Crippen LogP contribution in [0.2, 0.25) is 5.02 Å². The standard InChI is InChI=1S/C19H20ClF3N2O4/c1-2-29-18(28)11-5-7-24(8-6-11)15-10-16(26)25(17(15)27)12-3-4-14(20)13(9-12)19(21,22)23/h3-4,9,11,15H,2,5-8,10H2,1H3. The van der Waals surface area contributed by atoms with E-state index in [-0.39, 0.29) is 24.0 Å². The first kappa shape index (κ1) is 21.6. The lowest BCUT2D eigenvalue weighted by atomic mass is 9.95. The molecule has 29 heavy (non-hydrogen) atoms. The Kier molecular flexibility index (Phi) is 6.19. The normalized spacial score (nSPS) is 21.7. The molecule has 2 heterocycles. The number of hydrogen-bond acceptors (Lipinski definition) is 5. The Labute approximate surface area is 170 Å². The van der Waals surface area contributed by atoms with Gasteiger partial charge in [0.15, 0.2) is 0 Å². The molecule has 10 heteroatoms. The zero-order valence-corrected chi connectivity index (χ0v) is 16.4. The van der Waals surface area contributed by atoms with Crippen molar-refractivity contribution in [3.05, 3.63) is 28.8 Å². The zero-order chi connectivity index (χ0) is 21.3. The average molecular weight is 433 g/mol. The van der Waals surface area contributed by atoms with E-state index in [1.165, 1.54) is 6.07 Å². The third-order valence-corrected chi connectivity index (χ3v) is 5.56. The van der Waals surface area contributed by atoms with Crippen LogP contribution in [0.25, 0.3) is 0 Å². The molecule has 0 spiro atoms. The molecule has 2 saturated heterocycles. The number of nitrogens with zero attached hydrogens (tertiary/aromatic N) is 2. The Morgan fingerprint density at radius 3 is 2.48 bits per heavy atom. The van der Waals surface area contributed by atoms with Crippen LogP contribution in [0.4, 0.5) is 18.9 Å². The van der Waals surface area contributed by atoms with Crippen LogP contribution in [-0.2, 0) is 25.3 Å². The lowest BCUT2D eigenvalue weighted by molar-refractivity contribution is -0.150. The highest BCUT2D eigenvalue weighted by Gasteiger charge is 2.45. The number of amides is 2. The van der Waals surface area contributed by atoms with Crippen LogP contribution >= 0.6 is 11.6 Å². The Bertz CT molecular complexity index is 822. The molecule has 158 valence electrons. The van der Waals surface area contributed by atoms with E-state index in [0.29, 0.717) is 38.6 Å². The molecule has 2 fully saturated rings. The van der Waals surface area contributed by atoms with E-state index in [1.807, 2.05) is 0 Å². The Morgan fingerprint density at radius 1 is 1.24 bits per heavy atom. The number of halogens is 4. The molecule has 0 N–H and O–H groups in total. The number of likely N-dealkylation sites (tertiary alicyclic amines) is 1. The topological polar surface area (TPSA) is 66.9 Å². The Hall–Kier alpha value is -2.13. The maximum atomic E-state index is 13.1. The second-order valence-corrected chi connectivity index (χ2v) is 7.42. The average Bonchev–Trinajstić information content (AvgIpc) is 2.96. The van der Waals surface area contributed by atoms with Crippen molar-refractivity contribution >= 4 is 35.1 Å². The van der Waals surface area contributed by atoms with Crippen molar-refractivity contribution in [2.24, 2.45) is 5.92 Å². The number of hydrogen-bond donors (Lipinski definition) is 0. The molecule has 0 radical (unpaired) electrons. The number of carbonyl (C=O) groups is 3. The number of carbonyl (C=O) groups excluding carboxylic acids is 3. The number of piperidine rings is 1. The van der Waals surface area contributed by atoms with Gasteiger partial charge in [-0.25, -0.2) is 4.90 Å². The van der Waals surface area contributed by atoms with Crippen LogP contribution < -0.4 is 4.90 Å². The fraction of sp³-hybridized carbons (Fsp3) is 0.526. The quantitative estimate of drug-likeness (QED) is 0.539. The first-order chi connectivity index (χ1) is 13.6. The van der Waals surface area contributed by atoms with E-state index in [2.05, 4.69) is 0 Å². The van der Waals surface area contributed by atoms with Crippen molar-refractivity contribution in [1.82, 2.24) is 4.90 Å². The molecular weight excluding hydrogens is 413 g/mol. The predicted octanol–water partition coefficient (Wildman–Crippen LogP) is 3.27. The summed E-state index contributed by atoms with van der Waals surface area (Å²) in [6.07, 6.45) is -3.83. The van der Waals surface area contributed by atoms with Crippen molar-refractivity contribution < 1.29 is 32.3 Å². The molecule has 0 bridgehead atoms. The number of esters is 1. The van der Waals surface area contributed by atoms with E-state index in [4.69, 9.17) is 16.3 Å². The maximum absolute atomic E-state index is 13.1. The summed E-state index contributed by atoms with van der Waals surface area (Å²) in [5.41, 5.74) is -1.25. The van der Waals surface area contributed by atoms with E-state index in [0.717, 1.165) is 11.0 Å². The fourth-order valence-electron chi connectivity index (χ4n) is 3.75. The third-order valence-electron chi connectivity index (χ3n) is 5.23. The predicted molar refractivity (Wildman–Crippen MR) is 98.3 cm³/mol. The molecule has 2 aliphatic heterocycles. The van der Waals surface area contributed by atoms with E-state index < -0.39 is 34.6 Å². The van der Waals surface area contributed by atoms with Gasteiger partial charge in [0.05, 0.1) is 41.3 Å². The van der Waals surface area contributed by atoms with Gasteiger partial charge in [-0.05, 0) is 51.1 Å². The number of rotatable bonds is 4. The van der Waals surface area contributed by atoms with Gasteiger partial charge in [-0.2, -0.15) is 13.2 Å². The lowest BCUT2D eigenvalue weighted by Crippen LogP contribution is -2.47. The van der Waals surface area contributed by atoms with Gasteiger partial charge in [-0.15, -0.1) is 0 Å².